The van der Waals surface area contributed by atoms with Crippen LogP contribution in [0.15, 0.2) is 23.1 Å². The van der Waals surface area contributed by atoms with Gasteiger partial charge in [-0.15, -0.1) is 11.8 Å². The number of aliphatic hydroxyl groups excluding tert-OH is 1. The van der Waals surface area contributed by atoms with Crippen LogP contribution in [0.2, 0.25) is 0 Å². The highest BCUT2D eigenvalue weighted by molar-refractivity contribution is 8.00. The van der Waals surface area contributed by atoms with Gasteiger partial charge in [0.2, 0.25) is 0 Å². The first-order valence-electron chi connectivity index (χ1n) is 4.27. The Hall–Kier alpha value is -1.07. The van der Waals surface area contributed by atoms with E-state index in [1.165, 1.54) is 19.2 Å². The van der Waals surface area contributed by atoms with Crippen LogP contribution < -0.4 is 0 Å². The lowest BCUT2D eigenvalue weighted by Crippen LogP contribution is -2.04. The molecule has 0 saturated carbocycles. The van der Waals surface area contributed by atoms with E-state index in [1.54, 1.807) is 6.07 Å². The van der Waals surface area contributed by atoms with Crippen molar-refractivity contribution < 1.29 is 19.0 Å². The predicted octanol–water partition coefficient (Wildman–Crippen LogP) is 1.58. The van der Waals surface area contributed by atoms with Crippen LogP contribution in [0.3, 0.4) is 0 Å². The molecular formula is C10H11FO3S. The number of methoxy groups -OCH3 is 1. The van der Waals surface area contributed by atoms with Crippen LogP contribution in [-0.4, -0.2) is 23.9 Å². The first-order chi connectivity index (χ1) is 7.19. The summed E-state index contributed by atoms with van der Waals surface area (Å²) < 4.78 is 17.6. The van der Waals surface area contributed by atoms with Crippen molar-refractivity contribution in [3.8, 4) is 0 Å². The molecule has 0 aliphatic heterocycles. The number of hydrogen-bond donors (Lipinski definition) is 1. The molecule has 0 fully saturated rings. The summed E-state index contributed by atoms with van der Waals surface area (Å²) in [7, 11) is 1.29. The van der Waals surface area contributed by atoms with Gasteiger partial charge in [0.1, 0.15) is 5.82 Å². The number of carbonyl (C=O) groups is 1. The third kappa shape index (κ3) is 3.21. The second-order valence-electron chi connectivity index (χ2n) is 2.74. The Morgan fingerprint density at radius 3 is 2.93 bits per heavy atom. The number of carbonyl (C=O) groups excluding carboxylic acids is 1. The molecule has 0 radical (unpaired) electrons. The van der Waals surface area contributed by atoms with Gasteiger partial charge in [-0.3, -0.25) is 4.79 Å². The Kier molecular flexibility index (Phi) is 4.58. The van der Waals surface area contributed by atoms with Gasteiger partial charge in [0.05, 0.1) is 19.5 Å². The molecule has 0 spiro atoms. The van der Waals surface area contributed by atoms with Crippen LogP contribution in [0.25, 0.3) is 0 Å². The molecule has 0 aliphatic carbocycles. The Balaban J connectivity index is 2.76. The van der Waals surface area contributed by atoms with Gasteiger partial charge >= 0.3 is 5.97 Å². The minimum Gasteiger partial charge on any atom is -0.468 e. The zero-order valence-electron chi connectivity index (χ0n) is 8.20. The normalized spacial score (nSPS) is 10.1. The first-order valence-corrected chi connectivity index (χ1v) is 5.25. The summed E-state index contributed by atoms with van der Waals surface area (Å²) in [6, 6.07) is 4.46. The van der Waals surface area contributed by atoms with E-state index in [-0.39, 0.29) is 23.9 Å². The summed E-state index contributed by atoms with van der Waals surface area (Å²) in [5.74, 6) is -0.743. The van der Waals surface area contributed by atoms with Crippen molar-refractivity contribution in [2.75, 3.05) is 12.9 Å². The van der Waals surface area contributed by atoms with Crippen LogP contribution in [0.1, 0.15) is 5.56 Å². The Morgan fingerprint density at radius 2 is 2.33 bits per heavy atom. The molecule has 0 aromatic heterocycles. The molecular weight excluding hydrogens is 219 g/mol. The zero-order chi connectivity index (χ0) is 11.3. The molecule has 0 atom stereocenters. The summed E-state index contributed by atoms with van der Waals surface area (Å²) in [6.45, 7) is -0.379. The predicted molar refractivity (Wildman–Crippen MR) is 55.1 cm³/mol. The van der Waals surface area contributed by atoms with E-state index in [1.807, 2.05) is 0 Å². The molecule has 0 unspecified atom stereocenters. The number of ether oxygens (including phenoxy) is 1. The molecule has 0 heterocycles. The summed E-state index contributed by atoms with van der Waals surface area (Å²) in [4.78, 5) is 11.4. The minimum atomic E-state index is -0.465. The first kappa shape index (κ1) is 12.0. The SMILES string of the molecule is COC(=O)CSc1cccc(F)c1CO. The number of esters is 1. The Labute approximate surface area is 91.2 Å². The van der Waals surface area contributed by atoms with E-state index in [2.05, 4.69) is 4.74 Å². The highest BCUT2D eigenvalue weighted by atomic mass is 32.2. The summed E-state index contributed by atoms with van der Waals surface area (Å²) in [5.41, 5.74) is 0.214. The van der Waals surface area contributed by atoms with Gasteiger partial charge in [-0.05, 0) is 12.1 Å². The molecule has 1 N–H and O–H groups in total. The molecule has 0 aliphatic rings. The molecule has 1 rings (SSSR count). The van der Waals surface area contributed by atoms with E-state index in [0.717, 1.165) is 11.8 Å². The van der Waals surface area contributed by atoms with Crippen molar-refractivity contribution in [1.82, 2.24) is 0 Å². The minimum absolute atomic E-state index is 0.104. The largest absolute Gasteiger partial charge is 0.468 e. The van der Waals surface area contributed by atoms with Crippen molar-refractivity contribution in [1.29, 1.82) is 0 Å². The number of thioether (sulfide) groups is 1. The second kappa shape index (κ2) is 5.72. The van der Waals surface area contributed by atoms with Crippen LogP contribution in [0.4, 0.5) is 4.39 Å². The molecule has 1 aromatic carbocycles. The average Bonchev–Trinajstić information content (AvgIpc) is 2.25. The zero-order valence-corrected chi connectivity index (χ0v) is 9.01. The molecule has 0 saturated heterocycles. The van der Waals surface area contributed by atoms with E-state index >= 15 is 0 Å². The van der Waals surface area contributed by atoms with E-state index in [9.17, 15) is 9.18 Å². The smallest absolute Gasteiger partial charge is 0.315 e. The van der Waals surface area contributed by atoms with Gasteiger partial charge in [-0.2, -0.15) is 0 Å². The third-order valence-electron chi connectivity index (χ3n) is 1.81. The molecule has 15 heavy (non-hydrogen) atoms. The fourth-order valence-corrected chi connectivity index (χ4v) is 1.93. The number of hydrogen-bond acceptors (Lipinski definition) is 4. The van der Waals surface area contributed by atoms with E-state index < -0.39 is 5.82 Å². The maximum Gasteiger partial charge on any atom is 0.315 e. The molecule has 82 valence electrons. The van der Waals surface area contributed by atoms with Crippen LogP contribution >= 0.6 is 11.8 Å². The van der Waals surface area contributed by atoms with Gasteiger partial charge in [-0.1, -0.05) is 6.07 Å². The van der Waals surface area contributed by atoms with Crippen molar-refractivity contribution in [3.05, 3.63) is 29.6 Å². The van der Waals surface area contributed by atoms with Crippen LogP contribution in [0.5, 0.6) is 0 Å². The van der Waals surface area contributed by atoms with Crippen molar-refractivity contribution in [2.45, 2.75) is 11.5 Å². The Morgan fingerprint density at radius 1 is 1.60 bits per heavy atom. The summed E-state index contributed by atoms with van der Waals surface area (Å²) in [6.07, 6.45) is 0. The van der Waals surface area contributed by atoms with E-state index in [4.69, 9.17) is 5.11 Å². The molecule has 5 heteroatoms. The lowest BCUT2D eigenvalue weighted by atomic mass is 10.2. The number of rotatable bonds is 4. The topological polar surface area (TPSA) is 46.5 Å². The monoisotopic (exact) mass is 230 g/mol. The van der Waals surface area contributed by atoms with Crippen LogP contribution in [0, 0.1) is 5.82 Å². The highest BCUT2D eigenvalue weighted by Gasteiger charge is 2.09. The van der Waals surface area contributed by atoms with Gasteiger partial charge in [0.15, 0.2) is 0 Å². The molecule has 3 nitrogen and oxygen atoms in total. The van der Waals surface area contributed by atoms with Gasteiger partial charge in [-0.25, -0.2) is 4.39 Å². The third-order valence-corrected chi connectivity index (χ3v) is 2.88. The summed E-state index contributed by atoms with van der Waals surface area (Å²) in [5, 5.41) is 8.95. The fraction of sp³-hybridized carbons (Fsp3) is 0.300. The highest BCUT2D eigenvalue weighted by Crippen LogP contribution is 2.24. The standard InChI is InChI=1S/C10H11FO3S/c1-14-10(13)6-15-9-4-2-3-8(11)7(9)5-12/h2-4,12H,5-6H2,1H3. The molecule has 0 bridgehead atoms. The number of halogens is 1. The Bertz CT molecular complexity index is 355. The lowest BCUT2D eigenvalue weighted by Gasteiger charge is -2.06. The quantitative estimate of drug-likeness (QED) is 0.630. The lowest BCUT2D eigenvalue weighted by molar-refractivity contribution is -0.137. The molecule has 0 amide bonds. The van der Waals surface area contributed by atoms with Crippen LogP contribution in [-0.2, 0) is 16.1 Å². The van der Waals surface area contributed by atoms with Crippen molar-refractivity contribution in [2.24, 2.45) is 0 Å². The van der Waals surface area contributed by atoms with Crippen molar-refractivity contribution in [3.63, 3.8) is 0 Å². The van der Waals surface area contributed by atoms with Gasteiger partial charge in [0.25, 0.3) is 0 Å². The number of aliphatic hydroxyl groups is 1. The molecule has 1 aromatic rings. The van der Waals surface area contributed by atoms with Gasteiger partial charge < -0.3 is 9.84 Å². The summed E-state index contributed by atoms with van der Waals surface area (Å²) >= 11 is 1.14. The fourth-order valence-electron chi connectivity index (χ4n) is 1.02. The van der Waals surface area contributed by atoms with Crippen molar-refractivity contribution >= 4 is 17.7 Å². The maximum absolute atomic E-state index is 13.2. The maximum atomic E-state index is 13.2. The average molecular weight is 230 g/mol. The van der Waals surface area contributed by atoms with Gasteiger partial charge in [0, 0.05) is 10.5 Å². The number of benzene rings is 1. The second-order valence-corrected chi connectivity index (χ2v) is 3.76. The van der Waals surface area contributed by atoms with E-state index in [0.29, 0.717) is 4.90 Å².